The van der Waals surface area contributed by atoms with Crippen molar-refractivity contribution in [1.82, 2.24) is 9.97 Å². The van der Waals surface area contributed by atoms with Crippen LogP contribution in [0.3, 0.4) is 0 Å². The zero-order chi connectivity index (χ0) is 10.7. The number of aryl methyl sites for hydroxylation is 1. The van der Waals surface area contributed by atoms with Crippen molar-refractivity contribution in [3.05, 3.63) is 47.8 Å². The number of rotatable bonds is 3. The van der Waals surface area contributed by atoms with Crippen LogP contribution < -0.4 is 4.74 Å². The van der Waals surface area contributed by atoms with Gasteiger partial charge in [-0.25, -0.2) is 9.37 Å². The van der Waals surface area contributed by atoms with Crippen molar-refractivity contribution in [3.8, 4) is 5.75 Å². The van der Waals surface area contributed by atoms with Gasteiger partial charge >= 0.3 is 0 Å². The van der Waals surface area contributed by atoms with Crippen molar-refractivity contribution in [1.29, 1.82) is 0 Å². The first kappa shape index (κ1) is 9.71. The SMILES string of the molecule is Cc1ncc(COc2ccc(F)cc2)[nH]1. The highest BCUT2D eigenvalue weighted by molar-refractivity contribution is 5.22. The minimum Gasteiger partial charge on any atom is -0.487 e. The summed E-state index contributed by atoms with van der Waals surface area (Å²) < 4.78 is 18.0. The molecule has 0 unspecified atom stereocenters. The zero-order valence-corrected chi connectivity index (χ0v) is 8.33. The molecule has 4 heteroatoms. The Morgan fingerprint density at radius 1 is 1.33 bits per heavy atom. The number of imidazole rings is 1. The summed E-state index contributed by atoms with van der Waals surface area (Å²) in [6, 6.07) is 5.93. The molecule has 1 aromatic heterocycles. The van der Waals surface area contributed by atoms with Crippen molar-refractivity contribution in [2.24, 2.45) is 0 Å². The molecule has 0 atom stereocenters. The van der Waals surface area contributed by atoms with E-state index in [1.165, 1.54) is 12.1 Å². The van der Waals surface area contributed by atoms with Gasteiger partial charge in [0.1, 0.15) is 24.0 Å². The lowest BCUT2D eigenvalue weighted by Gasteiger charge is -2.03. The minimum atomic E-state index is -0.264. The molecule has 0 aliphatic heterocycles. The van der Waals surface area contributed by atoms with E-state index in [-0.39, 0.29) is 5.82 Å². The molecule has 0 aliphatic carbocycles. The highest BCUT2D eigenvalue weighted by Gasteiger charge is 1.98. The first-order chi connectivity index (χ1) is 7.24. The van der Waals surface area contributed by atoms with Gasteiger partial charge < -0.3 is 9.72 Å². The lowest BCUT2D eigenvalue weighted by molar-refractivity contribution is 0.301. The molecule has 2 aromatic rings. The van der Waals surface area contributed by atoms with Gasteiger partial charge in [-0.1, -0.05) is 0 Å². The molecule has 1 heterocycles. The lowest BCUT2D eigenvalue weighted by Crippen LogP contribution is -1.95. The van der Waals surface area contributed by atoms with Crippen LogP contribution in [-0.2, 0) is 6.61 Å². The Bertz CT molecular complexity index is 436. The fourth-order valence-electron chi connectivity index (χ4n) is 1.24. The molecule has 0 saturated carbocycles. The maximum Gasteiger partial charge on any atom is 0.130 e. The topological polar surface area (TPSA) is 37.9 Å². The summed E-state index contributed by atoms with van der Waals surface area (Å²) in [6.45, 7) is 2.29. The Morgan fingerprint density at radius 2 is 2.07 bits per heavy atom. The van der Waals surface area contributed by atoms with Gasteiger partial charge in [-0.2, -0.15) is 0 Å². The fourth-order valence-corrected chi connectivity index (χ4v) is 1.24. The van der Waals surface area contributed by atoms with E-state index in [4.69, 9.17) is 4.74 Å². The standard InChI is InChI=1S/C11H11FN2O/c1-8-13-6-10(14-8)7-15-11-4-2-9(12)3-5-11/h2-6H,7H2,1H3,(H,13,14). The van der Waals surface area contributed by atoms with Crippen molar-refractivity contribution < 1.29 is 9.13 Å². The first-order valence-electron chi connectivity index (χ1n) is 4.63. The molecular formula is C11H11FN2O. The van der Waals surface area contributed by atoms with Crippen molar-refractivity contribution in [3.63, 3.8) is 0 Å². The van der Waals surface area contributed by atoms with E-state index in [1.54, 1.807) is 18.3 Å². The molecule has 1 N–H and O–H groups in total. The maximum absolute atomic E-state index is 12.6. The van der Waals surface area contributed by atoms with E-state index in [1.807, 2.05) is 6.92 Å². The summed E-state index contributed by atoms with van der Waals surface area (Å²) in [6.07, 6.45) is 1.72. The smallest absolute Gasteiger partial charge is 0.130 e. The van der Waals surface area contributed by atoms with Crippen LogP contribution in [0.5, 0.6) is 5.75 Å². The van der Waals surface area contributed by atoms with E-state index in [0.29, 0.717) is 12.4 Å². The number of nitrogens with one attached hydrogen (secondary N) is 1. The van der Waals surface area contributed by atoms with Gasteiger partial charge in [0.2, 0.25) is 0 Å². The molecule has 15 heavy (non-hydrogen) atoms. The molecular weight excluding hydrogens is 195 g/mol. The largest absolute Gasteiger partial charge is 0.487 e. The summed E-state index contributed by atoms with van der Waals surface area (Å²) in [4.78, 5) is 7.09. The van der Waals surface area contributed by atoms with Crippen molar-refractivity contribution in [2.75, 3.05) is 0 Å². The van der Waals surface area contributed by atoms with E-state index in [2.05, 4.69) is 9.97 Å². The van der Waals surface area contributed by atoms with Crippen LogP contribution >= 0.6 is 0 Å². The average molecular weight is 206 g/mol. The van der Waals surface area contributed by atoms with Gasteiger partial charge in [-0.3, -0.25) is 0 Å². The van der Waals surface area contributed by atoms with E-state index < -0.39 is 0 Å². The van der Waals surface area contributed by atoms with E-state index in [0.717, 1.165) is 11.5 Å². The monoisotopic (exact) mass is 206 g/mol. The number of nitrogens with zero attached hydrogens (tertiary/aromatic N) is 1. The molecule has 0 amide bonds. The average Bonchev–Trinajstić information content (AvgIpc) is 2.64. The molecule has 1 aromatic carbocycles. The van der Waals surface area contributed by atoms with Gasteiger partial charge in [0.05, 0.1) is 11.9 Å². The number of halogens is 1. The van der Waals surface area contributed by atoms with Crippen LogP contribution in [0, 0.1) is 12.7 Å². The summed E-state index contributed by atoms with van der Waals surface area (Å²) >= 11 is 0. The Labute approximate surface area is 86.9 Å². The van der Waals surface area contributed by atoms with Crippen LogP contribution in [0.25, 0.3) is 0 Å². The molecule has 0 bridgehead atoms. The number of hydrogen-bond donors (Lipinski definition) is 1. The second-order valence-electron chi connectivity index (χ2n) is 3.24. The quantitative estimate of drug-likeness (QED) is 0.837. The normalized spacial score (nSPS) is 10.3. The summed E-state index contributed by atoms with van der Waals surface area (Å²) in [5, 5.41) is 0. The van der Waals surface area contributed by atoms with E-state index in [9.17, 15) is 4.39 Å². The minimum absolute atomic E-state index is 0.264. The third kappa shape index (κ3) is 2.56. The van der Waals surface area contributed by atoms with Gasteiger partial charge in [-0.15, -0.1) is 0 Å². The molecule has 3 nitrogen and oxygen atoms in total. The summed E-state index contributed by atoms with van der Waals surface area (Å²) in [5.41, 5.74) is 0.900. The molecule has 0 fully saturated rings. The Morgan fingerprint density at radius 3 is 2.67 bits per heavy atom. The van der Waals surface area contributed by atoms with Gasteiger partial charge in [-0.05, 0) is 31.2 Å². The van der Waals surface area contributed by atoms with Gasteiger partial charge in [0.25, 0.3) is 0 Å². The second kappa shape index (κ2) is 4.13. The van der Waals surface area contributed by atoms with Crippen LogP contribution in [0.2, 0.25) is 0 Å². The van der Waals surface area contributed by atoms with Crippen molar-refractivity contribution >= 4 is 0 Å². The highest BCUT2D eigenvalue weighted by atomic mass is 19.1. The van der Waals surface area contributed by atoms with Crippen LogP contribution in [0.1, 0.15) is 11.5 Å². The van der Waals surface area contributed by atoms with Crippen molar-refractivity contribution in [2.45, 2.75) is 13.5 Å². The Balaban J connectivity index is 1.96. The third-order valence-corrected chi connectivity index (χ3v) is 1.96. The van der Waals surface area contributed by atoms with Crippen LogP contribution in [-0.4, -0.2) is 9.97 Å². The number of aromatic nitrogens is 2. The predicted octanol–water partition coefficient (Wildman–Crippen LogP) is 2.44. The number of hydrogen-bond acceptors (Lipinski definition) is 2. The first-order valence-corrected chi connectivity index (χ1v) is 4.63. The molecule has 0 saturated heterocycles. The summed E-state index contributed by atoms with van der Waals surface area (Å²) in [5.74, 6) is 1.23. The van der Waals surface area contributed by atoms with Gasteiger partial charge in [0, 0.05) is 0 Å². The molecule has 0 aliphatic rings. The summed E-state index contributed by atoms with van der Waals surface area (Å²) in [7, 11) is 0. The highest BCUT2D eigenvalue weighted by Crippen LogP contribution is 2.12. The molecule has 2 rings (SSSR count). The number of ether oxygens (including phenoxy) is 1. The third-order valence-electron chi connectivity index (χ3n) is 1.96. The second-order valence-corrected chi connectivity index (χ2v) is 3.24. The molecule has 0 radical (unpaired) electrons. The maximum atomic E-state index is 12.6. The Hall–Kier alpha value is -1.84. The van der Waals surface area contributed by atoms with Crippen LogP contribution in [0.4, 0.5) is 4.39 Å². The van der Waals surface area contributed by atoms with Crippen LogP contribution in [0.15, 0.2) is 30.5 Å². The lowest BCUT2D eigenvalue weighted by atomic mass is 10.3. The molecule has 0 spiro atoms. The number of aromatic amines is 1. The molecule has 78 valence electrons. The van der Waals surface area contributed by atoms with Gasteiger partial charge in [0.15, 0.2) is 0 Å². The van der Waals surface area contributed by atoms with E-state index >= 15 is 0 Å². The fraction of sp³-hybridized carbons (Fsp3) is 0.182. The number of H-pyrrole nitrogens is 1. The predicted molar refractivity (Wildman–Crippen MR) is 54.1 cm³/mol. The number of benzene rings is 1. The zero-order valence-electron chi connectivity index (χ0n) is 8.33. The Kier molecular flexibility index (Phi) is 2.67.